The van der Waals surface area contributed by atoms with Gasteiger partial charge in [-0.05, 0) is 53.7 Å². The first-order valence-electron chi connectivity index (χ1n) is 6.43. The minimum atomic E-state index is -0.813. The van der Waals surface area contributed by atoms with Gasteiger partial charge in [0.1, 0.15) is 5.82 Å². The molecule has 0 unspecified atom stereocenters. The number of amides is 1. The van der Waals surface area contributed by atoms with Crippen molar-refractivity contribution >= 4 is 27.8 Å². The average Bonchev–Trinajstić information content (AvgIpc) is 2.41. The number of halogens is 1. The predicted octanol–water partition coefficient (Wildman–Crippen LogP) is 3.03. The summed E-state index contributed by atoms with van der Waals surface area (Å²) in [6.45, 7) is 3.37. The summed E-state index contributed by atoms with van der Waals surface area (Å²) in [7, 11) is 0. The van der Waals surface area contributed by atoms with Gasteiger partial charge in [0, 0.05) is 25.3 Å². The number of carbonyl (C=O) groups is 1. The molecule has 0 saturated carbocycles. The van der Waals surface area contributed by atoms with Gasteiger partial charge in [-0.25, -0.2) is 9.78 Å². The van der Waals surface area contributed by atoms with Crippen molar-refractivity contribution in [2.75, 3.05) is 18.4 Å². The number of pyridine rings is 1. The highest BCUT2D eigenvalue weighted by atomic mass is 79.9. The van der Waals surface area contributed by atoms with Gasteiger partial charge in [0.05, 0.1) is 4.47 Å². The molecule has 2 rings (SSSR count). The zero-order valence-electron chi connectivity index (χ0n) is 10.8. The van der Waals surface area contributed by atoms with E-state index in [1.54, 1.807) is 6.20 Å². The number of rotatable bonds is 3. The molecule has 0 radical (unpaired) electrons. The van der Waals surface area contributed by atoms with Gasteiger partial charge in [-0.15, -0.1) is 0 Å². The monoisotopic (exact) mass is 327 g/mol. The van der Waals surface area contributed by atoms with Crippen LogP contribution in [-0.4, -0.2) is 40.2 Å². The van der Waals surface area contributed by atoms with Crippen molar-refractivity contribution < 1.29 is 9.90 Å². The van der Waals surface area contributed by atoms with Crippen LogP contribution in [-0.2, 0) is 0 Å². The van der Waals surface area contributed by atoms with Crippen LogP contribution in [0.5, 0.6) is 0 Å². The van der Waals surface area contributed by atoms with Crippen LogP contribution in [0.4, 0.5) is 10.6 Å². The summed E-state index contributed by atoms with van der Waals surface area (Å²) in [6, 6.07) is 4.11. The lowest BCUT2D eigenvalue weighted by atomic mass is 9.90. The largest absolute Gasteiger partial charge is 0.465 e. The van der Waals surface area contributed by atoms with E-state index in [9.17, 15) is 4.79 Å². The standard InChI is InChI=1S/C13H18BrN3O2/c1-9(16-12-11(14)3-2-6-15-12)10-4-7-17(8-5-10)13(18)19/h2-3,6,9-10H,4-5,7-8H2,1H3,(H,15,16)(H,18,19)/t9-/m1/s1. The number of nitrogens with zero attached hydrogens (tertiary/aromatic N) is 2. The van der Waals surface area contributed by atoms with Crippen LogP contribution in [0, 0.1) is 5.92 Å². The fourth-order valence-electron chi connectivity index (χ4n) is 2.42. The molecule has 2 N–H and O–H groups in total. The highest BCUT2D eigenvalue weighted by Crippen LogP contribution is 2.25. The van der Waals surface area contributed by atoms with Crippen molar-refractivity contribution in [1.29, 1.82) is 0 Å². The van der Waals surface area contributed by atoms with Gasteiger partial charge in [-0.3, -0.25) is 0 Å². The predicted molar refractivity (Wildman–Crippen MR) is 77.3 cm³/mol. The summed E-state index contributed by atoms with van der Waals surface area (Å²) >= 11 is 3.47. The second kappa shape index (κ2) is 6.23. The molecule has 1 aliphatic rings. The Bertz CT molecular complexity index is 447. The molecule has 6 heteroatoms. The maximum absolute atomic E-state index is 10.9. The third kappa shape index (κ3) is 3.59. The normalized spacial score (nSPS) is 18.1. The van der Waals surface area contributed by atoms with Crippen LogP contribution in [0.3, 0.4) is 0 Å². The molecule has 5 nitrogen and oxygen atoms in total. The van der Waals surface area contributed by atoms with Crippen molar-refractivity contribution in [1.82, 2.24) is 9.88 Å². The van der Waals surface area contributed by atoms with E-state index in [4.69, 9.17) is 5.11 Å². The molecular weight excluding hydrogens is 310 g/mol. The van der Waals surface area contributed by atoms with E-state index in [1.807, 2.05) is 12.1 Å². The fourth-order valence-corrected chi connectivity index (χ4v) is 2.79. The Hall–Kier alpha value is -1.30. The summed E-state index contributed by atoms with van der Waals surface area (Å²) in [5.74, 6) is 1.32. The molecule has 2 heterocycles. The lowest BCUT2D eigenvalue weighted by molar-refractivity contribution is 0.122. The third-order valence-electron chi connectivity index (χ3n) is 3.64. The maximum atomic E-state index is 10.9. The van der Waals surface area contributed by atoms with Crippen LogP contribution in [0.15, 0.2) is 22.8 Å². The zero-order chi connectivity index (χ0) is 13.8. The summed E-state index contributed by atoms with van der Waals surface area (Å²) in [4.78, 5) is 16.6. The first-order valence-corrected chi connectivity index (χ1v) is 7.22. The van der Waals surface area contributed by atoms with Crippen molar-refractivity contribution in [3.05, 3.63) is 22.8 Å². The Morgan fingerprint density at radius 2 is 2.26 bits per heavy atom. The number of piperidine rings is 1. The van der Waals surface area contributed by atoms with E-state index in [2.05, 4.69) is 33.2 Å². The number of anilines is 1. The fraction of sp³-hybridized carbons (Fsp3) is 0.538. The Labute approximate surface area is 121 Å². The first kappa shape index (κ1) is 14.1. The Kier molecular flexibility index (Phi) is 4.63. The SMILES string of the molecule is C[C@@H](Nc1ncccc1Br)C1CCN(C(=O)O)CC1. The van der Waals surface area contributed by atoms with Gasteiger partial charge >= 0.3 is 6.09 Å². The number of nitrogens with one attached hydrogen (secondary N) is 1. The second-order valence-electron chi connectivity index (χ2n) is 4.87. The Balaban J connectivity index is 1.90. The van der Waals surface area contributed by atoms with Crippen LogP contribution >= 0.6 is 15.9 Å². The van der Waals surface area contributed by atoms with Gasteiger partial charge in [0.2, 0.25) is 0 Å². The number of aromatic nitrogens is 1. The topological polar surface area (TPSA) is 65.5 Å². The first-order chi connectivity index (χ1) is 9.08. The highest BCUT2D eigenvalue weighted by Gasteiger charge is 2.26. The number of likely N-dealkylation sites (tertiary alicyclic amines) is 1. The Morgan fingerprint density at radius 3 is 2.84 bits per heavy atom. The molecule has 1 aromatic rings. The Morgan fingerprint density at radius 1 is 1.58 bits per heavy atom. The van der Waals surface area contributed by atoms with Crippen molar-refractivity contribution in [2.24, 2.45) is 5.92 Å². The summed E-state index contributed by atoms with van der Waals surface area (Å²) in [6.07, 6.45) is 2.73. The molecule has 104 valence electrons. The average molecular weight is 328 g/mol. The van der Waals surface area contributed by atoms with E-state index in [-0.39, 0.29) is 6.04 Å². The quantitative estimate of drug-likeness (QED) is 0.895. The molecule has 1 fully saturated rings. The van der Waals surface area contributed by atoms with Crippen molar-refractivity contribution in [2.45, 2.75) is 25.8 Å². The summed E-state index contributed by atoms with van der Waals surface area (Å²) < 4.78 is 0.949. The molecule has 19 heavy (non-hydrogen) atoms. The van der Waals surface area contributed by atoms with Crippen LogP contribution < -0.4 is 5.32 Å². The maximum Gasteiger partial charge on any atom is 0.407 e. The van der Waals surface area contributed by atoms with E-state index < -0.39 is 6.09 Å². The molecule has 1 saturated heterocycles. The molecule has 0 aliphatic carbocycles. The van der Waals surface area contributed by atoms with Gasteiger partial charge in [0.15, 0.2) is 0 Å². The minimum absolute atomic E-state index is 0.280. The van der Waals surface area contributed by atoms with E-state index in [1.165, 1.54) is 4.90 Å². The molecule has 1 aliphatic heterocycles. The van der Waals surface area contributed by atoms with Gasteiger partial charge < -0.3 is 15.3 Å². The molecule has 0 spiro atoms. The number of hydrogen-bond acceptors (Lipinski definition) is 3. The smallest absolute Gasteiger partial charge is 0.407 e. The highest BCUT2D eigenvalue weighted by molar-refractivity contribution is 9.10. The van der Waals surface area contributed by atoms with Crippen molar-refractivity contribution in [3.8, 4) is 0 Å². The van der Waals surface area contributed by atoms with Crippen molar-refractivity contribution in [3.63, 3.8) is 0 Å². The van der Waals surface area contributed by atoms with Gasteiger partial charge in [-0.1, -0.05) is 0 Å². The van der Waals surface area contributed by atoms with Gasteiger partial charge in [0.25, 0.3) is 0 Å². The summed E-state index contributed by atoms with van der Waals surface area (Å²) in [5.41, 5.74) is 0. The zero-order valence-corrected chi connectivity index (χ0v) is 12.4. The second-order valence-corrected chi connectivity index (χ2v) is 5.73. The van der Waals surface area contributed by atoms with Crippen LogP contribution in [0.25, 0.3) is 0 Å². The molecular formula is C13H18BrN3O2. The van der Waals surface area contributed by atoms with E-state index >= 15 is 0 Å². The molecule has 0 bridgehead atoms. The van der Waals surface area contributed by atoms with Crippen LogP contribution in [0.1, 0.15) is 19.8 Å². The van der Waals surface area contributed by atoms with E-state index in [0.717, 1.165) is 23.1 Å². The van der Waals surface area contributed by atoms with E-state index in [0.29, 0.717) is 19.0 Å². The number of carboxylic acid groups (broad SMARTS) is 1. The molecule has 0 aromatic carbocycles. The minimum Gasteiger partial charge on any atom is -0.465 e. The van der Waals surface area contributed by atoms with Gasteiger partial charge in [-0.2, -0.15) is 0 Å². The molecule has 1 amide bonds. The lowest BCUT2D eigenvalue weighted by Gasteiger charge is -2.33. The molecule has 1 aromatic heterocycles. The lowest BCUT2D eigenvalue weighted by Crippen LogP contribution is -2.41. The summed E-state index contributed by atoms with van der Waals surface area (Å²) in [5, 5.41) is 12.3. The van der Waals surface area contributed by atoms with Crippen LogP contribution in [0.2, 0.25) is 0 Å². The number of hydrogen-bond donors (Lipinski definition) is 2. The third-order valence-corrected chi connectivity index (χ3v) is 4.28. The molecule has 1 atom stereocenters.